The van der Waals surface area contributed by atoms with Crippen LogP contribution < -0.4 is 9.47 Å². The van der Waals surface area contributed by atoms with Crippen molar-refractivity contribution < 1.29 is 24.1 Å². The summed E-state index contributed by atoms with van der Waals surface area (Å²) in [4.78, 5) is 32.4. The molecule has 2 aromatic carbocycles. The van der Waals surface area contributed by atoms with Crippen LogP contribution in [0.4, 0.5) is 11.4 Å². The Labute approximate surface area is 154 Å². The molecule has 0 unspecified atom stereocenters. The van der Waals surface area contributed by atoms with Crippen molar-refractivity contribution in [3.8, 4) is 11.5 Å². The van der Waals surface area contributed by atoms with E-state index >= 15 is 0 Å². The zero-order valence-corrected chi connectivity index (χ0v) is 14.6. The summed E-state index contributed by atoms with van der Waals surface area (Å²) < 4.78 is 10.7. The third-order valence-corrected chi connectivity index (χ3v) is 3.66. The number of hydrogen-bond donors (Lipinski definition) is 0. The number of benzene rings is 2. The maximum atomic E-state index is 12.2. The Kier molecular flexibility index (Phi) is 6.81. The fraction of sp³-hybridized carbons (Fsp3) is 0.278. The molecule has 2 rings (SSSR count). The number of hydrogen-bond acceptors (Lipinski definition) is 7. The quantitative estimate of drug-likeness (QED) is 0.211. The minimum atomic E-state index is -0.979. The van der Waals surface area contributed by atoms with E-state index in [1.807, 2.05) is 0 Å². The fourth-order valence-corrected chi connectivity index (χ4v) is 2.27. The van der Waals surface area contributed by atoms with E-state index in [9.17, 15) is 25.0 Å². The van der Waals surface area contributed by atoms with Crippen LogP contribution in [-0.4, -0.2) is 22.4 Å². The van der Waals surface area contributed by atoms with Crippen LogP contribution in [0, 0.1) is 20.2 Å². The van der Waals surface area contributed by atoms with Gasteiger partial charge in [0.15, 0.2) is 0 Å². The van der Waals surface area contributed by atoms with E-state index < -0.39 is 27.2 Å². The molecule has 2 aromatic rings. The molecule has 0 bridgehead atoms. The van der Waals surface area contributed by atoms with Gasteiger partial charge in [-0.05, 0) is 36.8 Å². The van der Waals surface area contributed by atoms with E-state index in [-0.39, 0.29) is 11.3 Å². The van der Waals surface area contributed by atoms with Gasteiger partial charge in [0.25, 0.3) is 11.4 Å². The van der Waals surface area contributed by atoms with Crippen molar-refractivity contribution in [1.29, 1.82) is 0 Å². The summed E-state index contributed by atoms with van der Waals surface area (Å²) >= 11 is 0. The minimum absolute atomic E-state index is 0.175. The molecule has 0 amide bonds. The maximum Gasteiger partial charge on any atom is 0.350 e. The van der Waals surface area contributed by atoms with Crippen LogP contribution in [-0.2, 0) is 0 Å². The Balaban J connectivity index is 2.08. The first-order valence-corrected chi connectivity index (χ1v) is 8.30. The minimum Gasteiger partial charge on any atom is -0.494 e. The molecule has 0 radical (unpaired) electrons. The van der Waals surface area contributed by atoms with Crippen molar-refractivity contribution in [1.82, 2.24) is 0 Å². The Hall–Kier alpha value is -3.49. The van der Waals surface area contributed by atoms with Gasteiger partial charge >= 0.3 is 5.97 Å². The molecule has 0 atom stereocenters. The lowest BCUT2D eigenvalue weighted by Gasteiger charge is -2.08. The van der Waals surface area contributed by atoms with Crippen molar-refractivity contribution in [2.45, 2.75) is 26.2 Å². The summed E-state index contributed by atoms with van der Waals surface area (Å²) in [7, 11) is 0. The predicted octanol–water partition coefficient (Wildman–Crippen LogP) is 4.29. The van der Waals surface area contributed by atoms with Crippen LogP contribution in [0.2, 0.25) is 0 Å². The number of carbonyl (C=O) groups excluding carboxylic acids is 1. The molecule has 0 N–H and O–H groups in total. The number of ether oxygens (including phenoxy) is 2. The van der Waals surface area contributed by atoms with E-state index in [1.54, 1.807) is 12.1 Å². The van der Waals surface area contributed by atoms with Crippen LogP contribution >= 0.6 is 0 Å². The first-order valence-electron chi connectivity index (χ1n) is 8.30. The Morgan fingerprint density at radius 2 is 1.63 bits per heavy atom. The molecule has 0 aliphatic carbocycles. The maximum absolute atomic E-state index is 12.2. The molecular formula is C18H18N2O7. The number of rotatable bonds is 9. The second-order valence-electron chi connectivity index (χ2n) is 5.63. The van der Waals surface area contributed by atoms with Gasteiger partial charge in [0, 0.05) is 6.07 Å². The van der Waals surface area contributed by atoms with Crippen molar-refractivity contribution in [2.75, 3.05) is 6.61 Å². The molecule has 0 heterocycles. The molecule has 0 fully saturated rings. The van der Waals surface area contributed by atoms with Crippen molar-refractivity contribution in [3.63, 3.8) is 0 Å². The largest absolute Gasteiger partial charge is 0.494 e. The van der Waals surface area contributed by atoms with Crippen LogP contribution in [0.1, 0.15) is 36.5 Å². The standard InChI is InChI=1S/C18H18N2O7/c1-2-3-4-11-26-14-6-8-15(9-7-14)27-18(21)16-10-5-13(19(22)23)12-17(16)20(24)25/h5-10,12H,2-4,11H2,1H3. The Bertz CT molecular complexity index is 834. The number of esters is 1. The van der Waals surface area contributed by atoms with Crippen LogP contribution in [0.15, 0.2) is 42.5 Å². The van der Waals surface area contributed by atoms with Gasteiger partial charge in [0.2, 0.25) is 0 Å². The number of nitro benzene ring substituents is 2. The highest BCUT2D eigenvalue weighted by Gasteiger charge is 2.25. The number of unbranched alkanes of at least 4 members (excludes halogenated alkanes) is 2. The van der Waals surface area contributed by atoms with E-state index in [0.29, 0.717) is 12.4 Å². The van der Waals surface area contributed by atoms with E-state index in [2.05, 4.69) is 6.92 Å². The van der Waals surface area contributed by atoms with Gasteiger partial charge in [-0.2, -0.15) is 0 Å². The summed E-state index contributed by atoms with van der Waals surface area (Å²) in [5, 5.41) is 21.8. The summed E-state index contributed by atoms with van der Waals surface area (Å²) in [6.07, 6.45) is 3.10. The zero-order valence-electron chi connectivity index (χ0n) is 14.6. The van der Waals surface area contributed by atoms with Gasteiger partial charge in [-0.3, -0.25) is 20.2 Å². The van der Waals surface area contributed by atoms with Crippen molar-refractivity contribution in [2.24, 2.45) is 0 Å². The molecule has 27 heavy (non-hydrogen) atoms. The van der Waals surface area contributed by atoms with Crippen LogP contribution in [0.5, 0.6) is 11.5 Å². The molecule has 0 spiro atoms. The number of carbonyl (C=O) groups is 1. The van der Waals surface area contributed by atoms with E-state index in [0.717, 1.165) is 37.5 Å². The fourth-order valence-electron chi connectivity index (χ4n) is 2.27. The van der Waals surface area contributed by atoms with E-state index in [4.69, 9.17) is 9.47 Å². The SMILES string of the molecule is CCCCCOc1ccc(OC(=O)c2ccc([N+](=O)[O-])cc2[N+](=O)[O-])cc1. The monoisotopic (exact) mass is 374 g/mol. The van der Waals surface area contributed by atoms with E-state index in [1.165, 1.54) is 12.1 Å². The number of nitro groups is 2. The first kappa shape index (κ1) is 19.8. The van der Waals surface area contributed by atoms with Gasteiger partial charge in [0.05, 0.1) is 22.5 Å². The van der Waals surface area contributed by atoms with Crippen molar-refractivity contribution in [3.05, 3.63) is 68.3 Å². The molecule has 0 saturated carbocycles. The Morgan fingerprint density at radius 3 is 2.22 bits per heavy atom. The van der Waals surface area contributed by atoms with Gasteiger partial charge < -0.3 is 9.47 Å². The second-order valence-corrected chi connectivity index (χ2v) is 5.63. The molecule has 0 aliphatic rings. The molecule has 0 aromatic heterocycles. The van der Waals surface area contributed by atoms with Gasteiger partial charge in [-0.15, -0.1) is 0 Å². The summed E-state index contributed by atoms with van der Waals surface area (Å²) in [6, 6.07) is 9.00. The van der Waals surface area contributed by atoms with Crippen LogP contribution in [0.3, 0.4) is 0 Å². The lowest BCUT2D eigenvalue weighted by Crippen LogP contribution is -2.11. The van der Waals surface area contributed by atoms with Crippen LogP contribution in [0.25, 0.3) is 0 Å². The predicted molar refractivity (Wildman–Crippen MR) is 96.2 cm³/mol. The highest BCUT2D eigenvalue weighted by Crippen LogP contribution is 2.26. The third-order valence-electron chi connectivity index (χ3n) is 3.66. The first-order chi connectivity index (χ1) is 12.9. The average Bonchev–Trinajstić information content (AvgIpc) is 2.65. The smallest absolute Gasteiger partial charge is 0.350 e. The summed E-state index contributed by atoms with van der Waals surface area (Å²) in [5.74, 6) is -0.186. The molecule has 0 aliphatic heterocycles. The average molecular weight is 374 g/mol. The lowest BCUT2D eigenvalue weighted by molar-refractivity contribution is -0.394. The lowest BCUT2D eigenvalue weighted by atomic mass is 10.1. The van der Waals surface area contributed by atoms with Crippen molar-refractivity contribution >= 4 is 17.3 Å². The normalized spacial score (nSPS) is 10.3. The molecule has 9 nitrogen and oxygen atoms in total. The molecular weight excluding hydrogens is 356 g/mol. The Morgan fingerprint density at radius 1 is 0.963 bits per heavy atom. The molecule has 142 valence electrons. The van der Waals surface area contributed by atoms with Gasteiger partial charge in [0.1, 0.15) is 17.1 Å². The molecule has 9 heteroatoms. The topological polar surface area (TPSA) is 122 Å². The summed E-state index contributed by atoms with van der Waals surface area (Å²) in [6.45, 7) is 2.68. The van der Waals surface area contributed by atoms with Gasteiger partial charge in [-0.1, -0.05) is 19.8 Å². The highest BCUT2D eigenvalue weighted by molar-refractivity contribution is 5.95. The molecule has 0 saturated heterocycles. The third kappa shape index (κ3) is 5.50. The zero-order chi connectivity index (χ0) is 19.8. The van der Waals surface area contributed by atoms with Gasteiger partial charge in [-0.25, -0.2) is 4.79 Å². The number of non-ortho nitro benzene ring substituents is 1. The number of nitrogens with zero attached hydrogens (tertiary/aromatic N) is 2. The second kappa shape index (κ2) is 9.27. The highest BCUT2D eigenvalue weighted by atomic mass is 16.6. The summed E-state index contributed by atoms with van der Waals surface area (Å²) in [5.41, 5.74) is -1.54.